The number of rotatable bonds is 14. The molecule has 0 spiro atoms. The summed E-state index contributed by atoms with van der Waals surface area (Å²) in [6, 6.07) is 0. The molecule has 0 rings (SSSR count). The zero-order valence-corrected chi connectivity index (χ0v) is 14.9. The van der Waals surface area contributed by atoms with Crippen LogP contribution in [0.15, 0.2) is 72.9 Å². The maximum atomic E-state index is 10.3. The summed E-state index contributed by atoms with van der Waals surface area (Å²) in [5.41, 5.74) is 0. The Labute approximate surface area is 147 Å². The standard InChI is InChI=1S/C22H32O2/c1-2-3-4-5-6-7-8-9-10-11-12-13-14-15-16-17-18-19-20-21-22(23)24/h9-20H,2-8,21H2,1H3,(H,23,24). The number of carboxylic acid groups (broad SMARTS) is 1. The molecular formula is C22H32O2. The number of aliphatic carboxylic acids is 1. The fourth-order valence-corrected chi connectivity index (χ4v) is 1.98. The lowest BCUT2D eigenvalue weighted by Crippen LogP contribution is -1.89. The fourth-order valence-electron chi connectivity index (χ4n) is 1.98. The van der Waals surface area contributed by atoms with Gasteiger partial charge in [-0.05, 0) is 12.8 Å². The molecule has 2 heteroatoms. The van der Waals surface area contributed by atoms with E-state index in [1.807, 2.05) is 48.6 Å². The van der Waals surface area contributed by atoms with Gasteiger partial charge < -0.3 is 5.11 Å². The van der Waals surface area contributed by atoms with Crippen LogP contribution < -0.4 is 0 Å². The quantitative estimate of drug-likeness (QED) is 0.290. The van der Waals surface area contributed by atoms with E-state index in [2.05, 4.69) is 19.1 Å². The second kappa shape index (κ2) is 19.0. The molecule has 0 aromatic rings. The van der Waals surface area contributed by atoms with Gasteiger partial charge in [0.2, 0.25) is 0 Å². The number of allylic oxidation sites excluding steroid dienone is 11. The lowest BCUT2D eigenvalue weighted by molar-refractivity contribution is -0.136. The van der Waals surface area contributed by atoms with Crippen LogP contribution in [0.25, 0.3) is 0 Å². The summed E-state index contributed by atoms with van der Waals surface area (Å²) in [6.07, 6.45) is 32.5. The molecule has 2 nitrogen and oxygen atoms in total. The molecule has 24 heavy (non-hydrogen) atoms. The number of carboxylic acids is 1. The van der Waals surface area contributed by atoms with E-state index in [4.69, 9.17) is 5.11 Å². The number of carbonyl (C=O) groups is 1. The van der Waals surface area contributed by atoms with Gasteiger partial charge in [0.15, 0.2) is 0 Å². The van der Waals surface area contributed by atoms with Crippen LogP contribution in [-0.2, 0) is 4.79 Å². The molecule has 0 saturated carbocycles. The maximum absolute atomic E-state index is 10.3. The average Bonchev–Trinajstić information content (AvgIpc) is 2.56. The Kier molecular flexibility index (Phi) is 17.3. The first-order valence-corrected chi connectivity index (χ1v) is 8.97. The Bertz CT molecular complexity index is 462. The van der Waals surface area contributed by atoms with Crippen molar-refractivity contribution >= 4 is 5.97 Å². The lowest BCUT2D eigenvalue weighted by atomic mass is 10.1. The molecular weight excluding hydrogens is 296 g/mol. The highest BCUT2D eigenvalue weighted by Gasteiger charge is 1.87. The van der Waals surface area contributed by atoms with E-state index in [1.54, 1.807) is 12.2 Å². The molecule has 0 heterocycles. The molecule has 0 aliphatic rings. The molecule has 0 unspecified atom stereocenters. The first-order chi connectivity index (χ1) is 11.8. The minimum Gasteiger partial charge on any atom is -0.481 e. The van der Waals surface area contributed by atoms with Gasteiger partial charge in [0.1, 0.15) is 0 Å². The summed E-state index contributed by atoms with van der Waals surface area (Å²) >= 11 is 0. The third-order valence-corrected chi connectivity index (χ3v) is 3.29. The molecule has 0 amide bonds. The molecule has 0 bridgehead atoms. The van der Waals surface area contributed by atoms with Crippen LogP contribution in [0.2, 0.25) is 0 Å². The first kappa shape index (κ1) is 21.9. The van der Waals surface area contributed by atoms with Gasteiger partial charge in [-0.15, -0.1) is 0 Å². The monoisotopic (exact) mass is 328 g/mol. The molecule has 132 valence electrons. The van der Waals surface area contributed by atoms with Gasteiger partial charge in [-0.3, -0.25) is 4.79 Å². The molecule has 0 radical (unpaired) electrons. The van der Waals surface area contributed by atoms with Crippen molar-refractivity contribution in [3.05, 3.63) is 72.9 Å². The van der Waals surface area contributed by atoms with E-state index < -0.39 is 5.97 Å². The fraction of sp³-hybridized carbons (Fsp3) is 0.409. The smallest absolute Gasteiger partial charge is 0.307 e. The van der Waals surface area contributed by atoms with Gasteiger partial charge in [-0.2, -0.15) is 0 Å². The highest BCUT2D eigenvalue weighted by molar-refractivity contribution is 5.68. The average molecular weight is 328 g/mol. The topological polar surface area (TPSA) is 37.3 Å². The Morgan fingerprint density at radius 3 is 1.67 bits per heavy atom. The summed E-state index contributed by atoms with van der Waals surface area (Å²) in [5, 5.41) is 8.45. The van der Waals surface area contributed by atoms with Crippen LogP contribution in [0.4, 0.5) is 0 Å². The van der Waals surface area contributed by atoms with Crippen LogP contribution in [0, 0.1) is 0 Å². The summed E-state index contributed by atoms with van der Waals surface area (Å²) in [6.45, 7) is 2.25. The Balaban J connectivity index is 3.61. The van der Waals surface area contributed by atoms with E-state index in [0.717, 1.165) is 0 Å². The van der Waals surface area contributed by atoms with E-state index >= 15 is 0 Å². The van der Waals surface area contributed by atoms with Gasteiger partial charge in [-0.25, -0.2) is 0 Å². The molecule has 0 aromatic carbocycles. The first-order valence-electron chi connectivity index (χ1n) is 8.97. The van der Waals surface area contributed by atoms with Crippen LogP contribution in [0.1, 0.15) is 58.3 Å². The van der Waals surface area contributed by atoms with Crippen molar-refractivity contribution in [3.63, 3.8) is 0 Å². The van der Waals surface area contributed by atoms with E-state index in [1.165, 1.54) is 44.9 Å². The predicted octanol–water partition coefficient (Wildman–Crippen LogP) is 6.55. The molecule has 0 atom stereocenters. The van der Waals surface area contributed by atoms with Crippen molar-refractivity contribution in [3.8, 4) is 0 Å². The van der Waals surface area contributed by atoms with Gasteiger partial charge in [0, 0.05) is 0 Å². The van der Waals surface area contributed by atoms with Gasteiger partial charge in [-0.1, -0.05) is 112 Å². The Hall–Kier alpha value is -2.09. The zero-order valence-electron chi connectivity index (χ0n) is 14.9. The van der Waals surface area contributed by atoms with Crippen LogP contribution in [0.3, 0.4) is 0 Å². The zero-order chi connectivity index (χ0) is 17.7. The summed E-state index contributed by atoms with van der Waals surface area (Å²) < 4.78 is 0. The molecule has 0 aromatic heterocycles. The lowest BCUT2D eigenvalue weighted by Gasteiger charge is -1.97. The molecule has 0 aliphatic heterocycles. The van der Waals surface area contributed by atoms with Crippen LogP contribution in [0.5, 0.6) is 0 Å². The van der Waals surface area contributed by atoms with E-state index in [0.29, 0.717) is 0 Å². The largest absolute Gasteiger partial charge is 0.481 e. The number of unbranched alkanes of at least 4 members (excludes halogenated alkanes) is 6. The van der Waals surface area contributed by atoms with Crippen molar-refractivity contribution in [2.24, 2.45) is 0 Å². The highest BCUT2D eigenvalue weighted by atomic mass is 16.4. The molecule has 0 fully saturated rings. The second-order valence-electron chi connectivity index (χ2n) is 5.55. The van der Waals surface area contributed by atoms with E-state index in [-0.39, 0.29) is 6.42 Å². The molecule has 1 N–H and O–H groups in total. The van der Waals surface area contributed by atoms with Gasteiger partial charge in [0.05, 0.1) is 6.42 Å². The van der Waals surface area contributed by atoms with Gasteiger partial charge in [0.25, 0.3) is 0 Å². The minimum atomic E-state index is -0.814. The SMILES string of the molecule is CCCCCCCCC=CC=CC=CC=CC=CC=CCC(=O)O. The maximum Gasteiger partial charge on any atom is 0.307 e. The Morgan fingerprint density at radius 1 is 0.667 bits per heavy atom. The van der Waals surface area contributed by atoms with Crippen LogP contribution >= 0.6 is 0 Å². The third-order valence-electron chi connectivity index (χ3n) is 3.29. The second-order valence-corrected chi connectivity index (χ2v) is 5.55. The number of hydrogen-bond acceptors (Lipinski definition) is 1. The summed E-state index contributed by atoms with van der Waals surface area (Å²) in [7, 11) is 0. The van der Waals surface area contributed by atoms with Crippen molar-refractivity contribution in [2.75, 3.05) is 0 Å². The Morgan fingerprint density at radius 2 is 1.12 bits per heavy atom. The summed E-state index contributed by atoms with van der Waals surface area (Å²) in [5.74, 6) is -0.814. The van der Waals surface area contributed by atoms with Gasteiger partial charge >= 0.3 is 5.97 Å². The normalized spacial score (nSPS) is 13.0. The third kappa shape index (κ3) is 19.9. The summed E-state index contributed by atoms with van der Waals surface area (Å²) in [4.78, 5) is 10.3. The van der Waals surface area contributed by atoms with Crippen molar-refractivity contribution in [2.45, 2.75) is 58.3 Å². The van der Waals surface area contributed by atoms with Crippen molar-refractivity contribution < 1.29 is 9.90 Å². The predicted molar refractivity (Wildman–Crippen MR) is 105 cm³/mol. The van der Waals surface area contributed by atoms with Crippen molar-refractivity contribution in [1.29, 1.82) is 0 Å². The minimum absolute atomic E-state index is 0.0606. The molecule has 0 saturated heterocycles. The van der Waals surface area contributed by atoms with E-state index in [9.17, 15) is 4.79 Å². The molecule has 0 aliphatic carbocycles. The highest BCUT2D eigenvalue weighted by Crippen LogP contribution is 2.07. The van der Waals surface area contributed by atoms with Crippen LogP contribution in [-0.4, -0.2) is 11.1 Å². The number of hydrogen-bond donors (Lipinski definition) is 1. The van der Waals surface area contributed by atoms with Crippen molar-refractivity contribution in [1.82, 2.24) is 0 Å².